The summed E-state index contributed by atoms with van der Waals surface area (Å²) in [7, 11) is -0.861. The Labute approximate surface area is 299 Å². The first-order chi connectivity index (χ1) is 24.8. The maximum atomic E-state index is 14.7. The fourth-order valence-corrected chi connectivity index (χ4v) is 8.48. The molecule has 12 heteroatoms. The Balaban J connectivity index is 1.33. The average Bonchev–Trinajstić information content (AvgIpc) is 3.60. The summed E-state index contributed by atoms with van der Waals surface area (Å²) in [6.07, 6.45) is 4.36. The summed E-state index contributed by atoms with van der Waals surface area (Å²) in [5.41, 5.74) is 12.1. The molecule has 266 valence electrons. The number of nitrogens with one attached hydrogen (secondary N) is 2. The van der Waals surface area contributed by atoms with Gasteiger partial charge in [0.1, 0.15) is 11.5 Å². The maximum absolute atomic E-state index is 14.7. The van der Waals surface area contributed by atoms with Gasteiger partial charge in [0, 0.05) is 31.6 Å². The summed E-state index contributed by atoms with van der Waals surface area (Å²) < 4.78 is 42.9. The Morgan fingerprint density at radius 2 is 1.49 bits per heavy atom. The monoisotopic (exact) mass is 707 g/mol. The third-order valence-corrected chi connectivity index (χ3v) is 11.7. The second-order valence-electron chi connectivity index (χ2n) is 13.6. The molecule has 51 heavy (non-hydrogen) atoms. The fraction of sp³-hybridized carbons (Fsp3) is 0.359. The third kappa shape index (κ3) is 7.99. The molecule has 4 aromatic carbocycles. The quantitative estimate of drug-likeness (QED) is 0.148. The molecule has 0 atom stereocenters. The van der Waals surface area contributed by atoms with E-state index in [1.165, 1.54) is 10.4 Å². The van der Waals surface area contributed by atoms with Crippen LogP contribution >= 0.6 is 0 Å². The molecule has 4 N–H and O–H groups in total. The number of hydrogen-bond donors (Lipinski definition) is 3. The molecule has 2 aliphatic rings. The zero-order valence-electron chi connectivity index (χ0n) is 29.1. The van der Waals surface area contributed by atoms with Crippen molar-refractivity contribution in [2.45, 2.75) is 62.0 Å². The van der Waals surface area contributed by atoms with Gasteiger partial charge in [-0.1, -0.05) is 60.7 Å². The molecule has 5 aromatic rings. The molecule has 11 nitrogen and oxygen atoms in total. The van der Waals surface area contributed by atoms with Crippen LogP contribution < -0.4 is 25.2 Å². The zero-order valence-corrected chi connectivity index (χ0v) is 29.9. The Kier molecular flexibility index (Phi) is 10.5. The smallest absolute Gasteiger partial charge is 0.241 e. The Morgan fingerprint density at radius 3 is 2.10 bits per heavy atom. The van der Waals surface area contributed by atoms with Gasteiger partial charge in [0.05, 0.1) is 31.2 Å². The Morgan fingerprint density at radius 1 is 0.843 bits per heavy atom. The average molecular weight is 708 g/mol. The van der Waals surface area contributed by atoms with Gasteiger partial charge < -0.3 is 20.5 Å². The Hall–Kier alpha value is -4.62. The second-order valence-corrected chi connectivity index (χ2v) is 15.3. The number of sulfonamides is 1. The largest absolute Gasteiger partial charge is 0.497 e. The summed E-state index contributed by atoms with van der Waals surface area (Å²) in [6.45, 7) is 2.37. The maximum Gasteiger partial charge on any atom is 0.241 e. The number of rotatable bonds is 13. The van der Waals surface area contributed by atoms with Crippen molar-refractivity contribution in [2.24, 2.45) is 11.7 Å². The lowest BCUT2D eigenvalue weighted by atomic mass is 9.82. The molecule has 1 aliphatic carbocycles. The minimum atomic E-state index is -4.09. The number of benzene rings is 4. The van der Waals surface area contributed by atoms with Gasteiger partial charge in [0.25, 0.3) is 0 Å². The molecule has 7 rings (SSSR count). The van der Waals surface area contributed by atoms with E-state index < -0.39 is 10.0 Å². The van der Waals surface area contributed by atoms with Crippen LogP contribution in [0, 0.1) is 5.92 Å². The second kappa shape index (κ2) is 15.3. The fourth-order valence-electron chi connectivity index (χ4n) is 7.02. The normalized spacial score (nSPS) is 17.9. The predicted octanol–water partition coefficient (Wildman–Crippen LogP) is 5.30. The molecule has 2 heterocycles. The zero-order chi connectivity index (χ0) is 35.4. The highest BCUT2D eigenvalue weighted by Gasteiger charge is 2.31. The first kappa shape index (κ1) is 34.8. The van der Waals surface area contributed by atoms with Crippen LogP contribution in [-0.2, 0) is 29.5 Å². The van der Waals surface area contributed by atoms with Crippen LogP contribution in [0.5, 0.6) is 11.5 Å². The highest BCUT2D eigenvalue weighted by molar-refractivity contribution is 7.89. The Bertz CT molecular complexity index is 2040. The van der Waals surface area contributed by atoms with Crippen LogP contribution in [0.3, 0.4) is 0 Å². The van der Waals surface area contributed by atoms with E-state index in [1.807, 2.05) is 60.7 Å². The molecular weight excluding hydrogens is 663 g/mol. The molecule has 0 amide bonds. The number of nitrogens with two attached hydrogens (primary N) is 1. The SMILES string of the molecule is COc1ccc(CNS(=O)(=O)c2c(CC3CCC(N)CC3)ccc(-c3ccc(C4CNC4)cc3)c2-c2nnn(Cc3ccc(OC)cc3)n2)cc1. The molecule has 1 aromatic heterocycles. The van der Waals surface area contributed by atoms with E-state index in [0.717, 1.165) is 72.3 Å². The highest BCUT2D eigenvalue weighted by Crippen LogP contribution is 2.40. The molecule has 0 bridgehead atoms. The van der Waals surface area contributed by atoms with E-state index >= 15 is 0 Å². The number of tetrazole rings is 1. The number of hydrogen-bond acceptors (Lipinski definition) is 9. The van der Waals surface area contributed by atoms with Gasteiger partial charge in [-0.15, -0.1) is 10.2 Å². The van der Waals surface area contributed by atoms with Gasteiger partial charge in [-0.3, -0.25) is 0 Å². The van der Waals surface area contributed by atoms with E-state index in [9.17, 15) is 8.42 Å². The van der Waals surface area contributed by atoms with E-state index in [1.54, 1.807) is 14.2 Å². The minimum Gasteiger partial charge on any atom is -0.497 e. The molecule has 0 spiro atoms. The summed E-state index contributed by atoms with van der Waals surface area (Å²) in [4.78, 5) is 1.70. The van der Waals surface area contributed by atoms with Crippen LogP contribution in [0.1, 0.15) is 53.9 Å². The van der Waals surface area contributed by atoms with Crippen molar-refractivity contribution < 1.29 is 17.9 Å². The van der Waals surface area contributed by atoms with Gasteiger partial charge in [-0.25, -0.2) is 13.1 Å². The van der Waals surface area contributed by atoms with Crippen molar-refractivity contribution in [1.82, 2.24) is 30.2 Å². The van der Waals surface area contributed by atoms with Crippen LogP contribution in [0.25, 0.3) is 22.5 Å². The van der Waals surface area contributed by atoms with Crippen molar-refractivity contribution in [3.63, 3.8) is 0 Å². The summed E-state index contributed by atoms with van der Waals surface area (Å²) in [5.74, 6) is 2.50. The molecule has 0 unspecified atom stereocenters. The summed E-state index contributed by atoms with van der Waals surface area (Å²) >= 11 is 0. The number of ether oxygens (including phenoxy) is 2. The highest BCUT2D eigenvalue weighted by atomic mass is 32.2. The number of methoxy groups -OCH3 is 2. The molecule has 1 saturated heterocycles. The van der Waals surface area contributed by atoms with Crippen LogP contribution in [0.2, 0.25) is 0 Å². The standard InChI is InChI=1S/C39H45N7O4S/c1-49-34-16-5-27(6-17-34)22-42-51(47,48)38-31(21-26-3-14-33(40)15-4-26)13-20-36(30-11-9-29(10-12-30)32-23-41-24-32)37(38)39-43-45-46(44-39)25-28-7-18-35(50-2)19-8-28/h5-13,16-20,26,32-33,41-42H,3-4,14-15,21-25,40H2,1-2H3. The lowest BCUT2D eigenvalue weighted by Crippen LogP contribution is -2.39. The van der Waals surface area contributed by atoms with Crippen LogP contribution in [-0.4, -0.2) is 62.0 Å². The van der Waals surface area contributed by atoms with Crippen molar-refractivity contribution in [3.8, 4) is 34.0 Å². The van der Waals surface area contributed by atoms with E-state index in [2.05, 4.69) is 44.6 Å². The van der Waals surface area contributed by atoms with E-state index in [0.29, 0.717) is 36.1 Å². The number of nitrogens with zero attached hydrogens (tertiary/aromatic N) is 4. The van der Waals surface area contributed by atoms with Gasteiger partial charge in [0.15, 0.2) is 0 Å². The minimum absolute atomic E-state index is 0.107. The molecule has 1 saturated carbocycles. The van der Waals surface area contributed by atoms with Crippen molar-refractivity contribution >= 4 is 10.0 Å². The van der Waals surface area contributed by atoms with Crippen molar-refractivity contribution in [2.75, 3.05) is 27.3 Å². The van der Waals surface area contributed by atoms with Crippen molar-refractivity contribution in [1.29, 1.82) is 0 Å². The number of aromatic nitrogens is 4. The first-order valence-electron chi connectivity index (χ1n) is 17.6. The third-order valence-electron chi connectivity index (χ3n) is 10.2. The van der Waals surface area contributed by atoms with Crippen LogP contribution in [0.4, 0.5) is 0 Å². The molecule has 1 aliphatic heterocycles. The van der Waals surface area contributed by atoms with Gasteiger partial charge >= 0.3 is 0 Å². The molecular formula is C39H45N7O4S. The van der Waals surface area contributed by atoms with Gasteiger partial charge in [-0.2, -0.15) is 4.80 Å². The lowest BCUT2D eigenvalue weighted by molar-refractivity contribution is 0.323. The van der Waals surface area contributed by atoms with Crippen molar-refractivity contribution in [3.05, 3.63) is 107 Å². The summed E-state index contributed by atoms with van der Waals surface area (Å²) in [5, 5.41) is 17.1. The van der Waals surface area contributed by atoms with Gasteiger partial charge in [-0.05, 0) is 101 Å². The lowest BCUT2D eigenvalue weighted by Gasteiger charge is -2.28. The van der Waals surface area contributed by atoms with E-state index in [-0.39, 0.29) is 23.3 Å². The summed E-state index contributed by atoms with van der Waals surface area (Å²) in [6, 6.07) is 27.6. The topological polar surface area (TPSA) is 146 Å². The first-order valence-corrected chi connectivity index (χ1v) is 19.0. The predicted molar refractivity (Wildman–Crippen MR) is 197 cm³/mol. The van der Waals surface area contributed by atoms with Crippen LogP contribution in [0.15, 0.2) is 89.8 Å². The molecule has 0 radical (unpaired) electrons. The van der Waals surface area contributed by atoms with E-state index in [4.69, 9.17) is 20.3 Å². The van der Waals surface area contributed by atoms with Gasteiger partial charge in [0.2, 0.25) is 15.8 Å². The molecule has 2 fully saturated rings.